The summed E-state index contributed by atoms with van der Waals surface area (Å²) in [5.74, 6) is -0.305. The molecule has 2 amide bonds. The van der Waals surface area contributed by atoms with Crippen molar-refractivity contribution in [3.8, 4) is 0 Å². The topological polar surface area (TPSA) is 87.5 Å². The van der Waals surface area contributed by atoms with Crippen molar-refractivity contribution in [1.82, 2.24) is 15.5 Å². The molecule has 0 saturated carbocycles. The van der Waals surface area contributed by atoms with Crippen LogP contribution in [-0.2, 0) is 9.59 Å². The van der Waals surface area contributed by atoms with Crippen LogP contribution in [0.25, 0.3) is 10.8 Å². The van der Waals surface area contributed by atoms with Crippen LogP contribution in [-0.4, -0.2) is 48.9 Å². The van der Waals surface area contributed by atoms with E-state index in [2.05, 4.69) is 28.8 Å². The lowest BCUT2D eigenvalue weighted by Crippen LogP contribution is -2.57. The highest BCUT2D eigenvalue weighted by Gasteiger charge is 2.40. The number of benzene rings is 2. The first-order valence-electron chi connectivity index (χ1n) is 9.15. The molecule has 2 aromatic rings. The summed E-state index contributed by atoms with van der Waals surface area (Å²) in [4.78, 5) is 26.7. The maximum Gasteiger partial charge on any atom is 0.225 e. The fraction of sp³-hybridized carbons (Fsp3) is 0.400. The first-order valence-corrected chi connectivity index (χ1v) is 9.15. The Labute approximate surface area is 152 Å². The van der Waals surface area contributed by atoms with Gasteiger partial charge in [0.1, 0.15) is 0 Å². The Balaban J connectivity index is 1.45. The van der Waals surface area contributed by atoms with Gasteiger partial charge in [-0.3, -0.25) is 9.59 Å². The van der Waals surface area contributed by atoms with Crippen LogP contribution in [0.3, 0.4) is 0 Å². The standard InChI is InChI=1S/C20H24N4O2/c21-9-18(15-6-5-13-3-1-2-4-14(13)7-15)23-20(26)16-8-19(25)24(12-16)17-10-22-11-17/h1-7,16-18,22H,8-12,21H2,(H,23,26). The van der Waals surface area contributed by atoms with E-state index in [1.807, 2.05) is 29.2 Å². The summed E-state index contributed by atoms with van der Waals surface area (Å²) in [6, 6.07) is 14.2. The number of carbonyl (C=O) groups is 2. The second-order valence-corrected chi connectivity index (χ2v) is 7.16. The number of likely N-dealkylation sites (tertiary alicyclic amines) is 1. The zero-order chi connectivity index (χ0) is 18.1. The van der Waals surface area contributed by atoms with E-state index in [1.54, 1.807) is 0 Å². The Morgan fingerprint density at radius 2 is 2.00 bits per heavy atom. The lowest BCUT2D eigenvalue weighted by atomic mass is 10.0. The van der Waals surface area contributed by atoms with Gasteiger partial charge in [0.05, 0.1) is 18.0 Å². The minimum Gasteiger partial charge on any atom is -0.348 e. The van der Waals surface area contributed by atoms with Crippen molar-refractivity contribution >= 4 is 22.6 Å². The average molecular weight is 352 g/mol. The molecule has 136 valence electrons. The lowest BCUT2D eigenvalue weighted by molar-refractivity contribution is -0.131. The quantitative estimate of drug-likeness (QED) is 0.742. The number of amides is 2. The third-order valence-corrected chi connectivity index (χ3v) is 5.46. The molecule has 2 saturated heterocycles. The van der Waals surface area contributed by atoms with Crippen LogP contribution in [0.1, 0.15) is 18.0 Å². The highest BCUT2D eigenvalue weighted by atomic mass is 16.2. The van der Waals surface area contributed by atoms with E-state index >= 15 is 0 Å². The number of rotatable bonds is 5. The Hall–Kier alpha value is -2.44. The fourth-order valence-electron chi connectivity index (χ4n) is 3.75. The van der Waals surface area contributed by atoms with E-state index in [1.165, 1.54) is 0 Å². The van der Waals surface area contributed by atoms with Crippen LogP contribution in [0.5, 0.6) is 0 Å². The van der Waals surface area contributed by atoms with Crippen molar-refractivity contribution in [2.45, 2.75) is 18.5 Å². The predicted molar refractivity (Wildman–Crippen MR) is 100 cm³/mol. The number of nitrogens with one attached hydrogen (secondary N) is 2. The van der Waals surface area contributed by atoms with Gasteiger partial charge >= 0.3 is 0 Å². The van der Waals surface area contributed by atoms with Crippen LogP contribution in [0.4, 0.5) is 0 Å². The normalized spacial score (nSPS) is 21.7. The van der Waals surface area contributed by atoms with Gasteiger partial charge in [-0.05, 0) is 22.4 Å². The fourth-order valence-corrected chi connectivity index (χ4v) is 3.75. The summed E-state index contributed by atoms with van der Waals surface area (Å²) in [7, 11) is 0. The van der Waals surface area contributed by atoms with Crippen molar-refractivity contribution in [2.24, 2.45) is 11.7 Å². The number of hydrogen-bond donors (Lipinski definition) is 3. The van der Waals surface area contributed by atoms with Gasteiger partial charge in [-0.2, -0.15) is 0 Å². The predicted octanol–water partition coefficient (Wildman–Crippen LogP) is 0.776. The largest absolute Gasteiger partial charge is 0.348 e. The second kappa shape index (κ2) is 7.05. The molecule has 4 rings (SSSR count). The van der Waals surface area contributed by atoms with Crippen LogP contribution in [0.15, 0.2) is 42.5 Å². The molecule has 4 N–H and O–H groups in total. The summed E-state index contributed by atoms with van der Waals surface area (Å²) in [6.45, 7) is 2.47. The van der Waals surface area contributed by atoms with E-state index in [0.717, 1.165) is 29.4 Å². The molecule has 2 heterocycles. The Morgan fingerprint density at radius 3 is 2.69 bits per heavy atom. The minimum absolute atomic E-state index is 0.0756. The summed E-state index contributed by atoms with van der Waals surface area (Å²) >= 11 is 0. The molecule has 0 spiro atoms. The van der Waals surface area contributed by atoms with Crippen molar-refractivity contribution in [1.29, 1.82) is 0 Å². The molecule has 2 unspecified atom stereocenters. The highest BCUT2D eigenvalue weighted by molar-refractivity contribution is 5.90. The van der Waals surface area contributed by atoms with Gasteiger partial charge in [0.2, 0.25) is 11.8 Å². The molecule has 2 atom stereocenters. The van der Waals surface area contributed by atoms with Gasteiger partial charge < -0.3 is 21.3 Å². The SMILES string of the molecule is NCC(NC(=O)C1CC(=O)N(C2CNC2)C1)c1ccc2ccccc2c1. The van der Waals surface area contributed by atoms with E-state index in [9.17, 15) is 9.59 Å². The summed E-state index contributed by atoms with van der Waals surface area (Å²) in [5, 5.41) is 8.50. The summed E-state index contributed by atoms with van der Waals surface area (Å²) < 4.78 is 0. The number of fused-ring (bicyclic) bond motifs is 1. The monoisotopic (exact) mass is 352 g/mol. The highest BCUT2D eigenvalue weighted by Crippen LogP contribution is 2.24. The molecule has 0 radical (unpaired) electrons. The molecule has 2 aromatic carbocycles. The maximum absolute atomic E-state index is 12.7. The molecule has 6 heteroatoms. The second-order valence-electron chi connectivity index (χ2n) is 7.16. The first-order chi connectivity index (χ1) is 12.7. The molecule has 2 fully saturated rings. The van der Waals surface area contributed by atoms with Crippen LogP contribution in [0, 0.1) is 5.92 Å². The molecule has 0 aromatic heterocycles. The Bertz CT molecular complexity index is 833. The van der Waals surface area contributed by atoms with E-state index in [0.29, 0.717) is 13.1 Å². The van der Waals surface area contributed by atoms with Gasteiger partial charge in [0.15, 0.2) is 0 Å². The molecule has 26 heavy (non-hydrogen) atoms. The molecule has 0 bridgehead atoms. The Kier molecular flexibility index (Phi) is 4.61. The number of carbonyl (C=O) groups excluding carboxylic acids is 2. The molecule has 6 nitrogen and oxygen atoms in total. The van der Waals surface area contributed by atoms with Gasteiger partial charge in [-0.15, -0.1) is 0 Å². The maximum atomic E-state index is 12.7. The van der Waals surface area contributed by atoms with E-state index < -0.39 is 0 Å². The van der Waals surface area contributed by atoms with Gasteiger partial charge in [0.25, 0.3) is 0 Å². The number of nitrogens with two attached hydrogens (primary N) is 1. The van der Waals surface area contributed by atoms with Gasteiger partial charge in [0, 0.05) is 32.6 Å². The summed E-state index contributed by atoms with van der Waals surface area (Å²) in [6.07, 6.45) is 0.289. The van der Waals surface area contributed by atoms with Crippen molar-refractivity contribution in [2.75, 3.05) is 26.2 Å². The Morgan fingerprint density at radius 1 is 1.23 bits per heavy atom. The third kappa shape index (κ3) is 3.18. The van der Waals surface area contributed by atoms with E-state index in [4.69, 9.17) is 5.73 Å². The van der Waals surface area contributed by atoms with Crippen LogP contribution >= 0.6 is 0 Å². The number of hydrogen-bond acceptors (Lipinski definition) is 4. The van der Waals surface area contributed by atoms with Crippen molar-refractivity contribution in [3.63, 3.8) is 0 Å². The zero-order valence-corrected chi connectivity index (χ0v) is 14.7. The van der Waals surface area contributed by atoms with Crippen LogP contribution < -0.4 is 16.4 Å². The third-order valence-electron chi connectivity index (χ3n) is 5.46. The average Bonchev–Trinajstić information content (AvgIpc) is 2.99. The molecule has 2 aliphatic heterocycles. The molecule has 0 aliphatic carbocycles. The van der Waals surface area contributed by atoms with Crippen LogP contribution in [0.2, 0.25) is 0 Å². The van der Waals surface area contributed by atoms with Crippen molar-refractivity contribution < 1.29 is 9.59 Å². The molecule has 2 aliphatic rings. The zero-order valence-electron chi connectivity index (χ0n) is 14.7. The van der Waals surface area contributed by atoms with Gasteiger partial charge in [-0.25, -0.2) is 0 Å². The lowest BCUT2D eigenvalue weighted by Gasteiger charge is -2.35. The smallest absolute Gasteiger partial charge is 0.225 e. The van der Waals surface area contributed by atoms with Gasteiger partial charge in [-0.1, -0.05) is 36.4 Å². The molecular formula is C20H24N4O2. The summed E-state index contributed by atoms with van der Waals surface area (Å²) in [5.41, 5.74) is 6.92. The first kappa shape index (κ1) is 17.0. The van der Waals surface area contributed by atoms with E-state index in [-0.39, 0.29) is 36.2 Å². The minimum atomic E-state index is -0.294. The molecular weight excluding hydrogens is 328 g/mol. The number of nitrogens with zero attached hydrogens (tertiary/aromatic N) is 1. The van der Waals surface area contributed by atoms with Crippen molar-refractivity contribution in [3.05, 3.63) is 48.0 Å².